The van der Waals surface area contributed by atoms with E-state index in [-0.39, 0.29) is 5.75 Å². The molecule has 2 aromatic carbocycles. The normalized spacial score (nSPS) is 14.2. The van der Waals surface area contributed by atoms with Gasteiger partial charge in [-0.25, -0.2) is 0 Å². The quantitative estimate of drug-likeness (QED) is 0.933. The van der Waals surface area contributed by atoms with Gasteiger partial charge in [0.2, 0.25) is 0 Å². The standard InChI is InChI=1S/C20H23NO3/c1-21(2)13-15-10-11-24-20-17(8-5-9-18(20)23-3)19(15)14-6-4-7-16(22)12-14/h4-9,12,22H,10-11,13H2,1-3H3. The Balaban J connectivity index is 2.25. The maximum Gasteiger partial charge on any atom is 0.168 e. The van der Waals surface area contributed by atoms with Gasteiger partial charge in [0, 0.05) is 18.5 Å². The SMILES string of the molecule is COc1cccc2c1OCCC(CN(C)C)=C2c1cccc(O)c1. The van der Waals surface area contributed by atoms with Crippen LogP contribution in [0.4, 0.5) is 0 Å². The summed E-state index contributed by atoms with van der Waals surface area (Å²) in [4.78, 5) is 2.16. The van der Waals surface area contributed by atoms with Crippen LogP contribution in [0.15, 0.2) is 48.0 Å². The molecule has 1 aliphatic rings. The van der Waals surface area contributed by atoms with E-state index in [1.807, 2.05) is 24.3 Å². The van der Waals surface area contributed by atoms with Gasteiger partial charge in [0.05, 0.1) is 13.7 Å². The van der Waals surface area contributed by atoms with E-state index < -0.39 is 0 Å². The molecule has 4 heteroatoms. The van der Waals surface area contributed by atoms with E-state index in [1.54, 1.807) is 19.2 Å². The molecule has 1 N–H and O–H groups in total. The Morgan fingerprint density at radius 2 is 1.96 bits per heavy atom. The minimum absolute atomic E-state index is 0.263. The number of para-hydroxylation sites is 1. The van der Waals surface area contributed by atoms with E-state index in [2.05, 4.69) is 25.1 Å². The van der Waals surface area contributed by atoms with Gasteiger partial charge in [-0.2, -0.15) is 0 Å². The van der Waals surface area contributed by atoms with Crippen molar-refractivity contribution >= 4 is 5.57 Å². The van der Waals surface area contributed by atoms with Crippen LogP contribution < -0.4 is 9.47 Å². The minimum Gasteiger partial charge on any atom is -0.508 e. The zero-order valence-electron chi connectivity index (χ0n) is 14.4. The molecular formula is C20H23NO3. The highest BCUT2D eigenvalue weighted by atomic mass is 16.5. The van der Waals surface area contributed by atoms with Crippen molar-refractivity contribution in [1.29, 1.82) is 0 Å². The lowest BCUT2D eigenvalue weighted by Gasteiger charge is -2.18. The fraction of sp³-hybridized carbons (Fsp3) is 0.300. The van der Waals surface area contributed by atoms with E-state index >= 15 is 0 Å². The molecule has 0 saturated carbocycles. The molecule has 0 unspecified atom stereocenters. The number of phenolic OH excluding ortho intramolecular Hbond substituents is 1. The smallest absolute Gasteiger partial charge is 0.168 e. The summed E-state index contributed by atoms with van der Waals surface area (Å²) < 4.78 is 11.5. The average molecular weight is 325 g/mol. The Morgan fingerprint density at radius 1 is 1.17 bits per heavy atom. The molecule has 0 spiro atoms. The number of hydrogen-bond acceptors (Lipinski definition) is 4. The number of ether oxygens (including phenoxy) is 2. The van der Waals surface area contributed by atoms with Crippen LogP contribution in [-0.4, -0.2) is 44.4 Å². The third-order valence-corrected chi connectivity index (χ3v) is 4.11. The second kappa shape index (κ2) is 6.97. The van der Waals surface area contributed by atoms with Gasteiger partial charge in [0.25, 0.3) is 0 Å². The van der Waals surface area contributed by atoms with Crippen molar-refractivity contribution in [2.75, 3.05) is 34.4 Å². The largest absolute Gasteiger partial charge is 0.508 e. The summed E-state index contributed by atoms with van der Waals surface area (Å²) >= 11 is 0. The lowest BCUT2D eigenvalue weighted by molar-refractivity contribution is 0.296. The van der Waals surface area contributed by atoms with Gasteiger partial charge in [0.1, 0.15) is 5.75 Å². The van der Waals surface area contributed by atoms with Crippen molar-refractivity contribution in [3.63, 3.8) is 0 Å². The molecular weight excluding hydrogens is 302 g/mol. The van der Waals surface area contributed by atoms with E-state index in [1.165, 1.54) is 5.57 Å². The molecule has 0 bridgehead atoms. The summed E-state index contributed by atoms with van der Waals surface area (Å²) in [5, 5.41) is 9.94. The first kappa shape index (κ1) is 16.4. The first-order chi connectivity index (χ1) is 11.6. The van der Waals surface area contributed by atoms with Crippen LogP contribution in [0.25, 0.3) is 5.57 Å². The second-order valence-electron chi connectivity index (χ2n) is 6.20. The van der Waals surface area contributed by atoms with Crippen molar-refractivity contribution in [2.24, 2.45) is 0 Å². The maximum absolute atomic E-state index is 9.94. The number of rotatable bonds is 4. The number of benzene rings is 2. The third kappa shape index (κ3) is 3.24. The number of methoxy groups -OCH3 is 1. The summed E-state index contributed by atoms with van der Waals surface area (Å²) in [5.41, 5.74) is 4.41. The van der Waals surface area contributed by atoms with Crippen LogP contribution in [0.5, 0.6) is 17.2 Å². The zero-order chi connectivity index (χ0) is 17.1. The number of fused-ring (bicyclic) bond motifs is 1. The summed E-state index contributed by atoms with van der Waals surface area (Å²) in [6, 6.07) is 13.3. The van der Waals surface area contributed by atoms with E-state index in [4.69, 9.17) is 9.47 Å². The van der Waals surface area contributed by atoms with Crippen LogP contribution in [-0.2, 0) is 0 Å². The van der Waals surface area contributed by atoms with Crippen LogP contribution in [0.2, 0.25) is 0 Å². The van der Waals surface area contributed by atoms with Gasteiger partial charge >= 0.3 is 0 Å². The molecule has 3 rings (SSSR count). The lowest BCUT2D eigenvalue weighted by Crippen LogP contribution is -2.17. The van der Waals surface area contributed by atoms with Gasteiger partial charge in [0.15, 0.2) is 11.5 Å². The van der Waals surface area contributed by atoms with Crippen LogP contribution in [0, 0.1) is 0 Å². The predicted molar refractivity (Wildman–Crippen MR) is 95.8 cm³/mol. The first-order valence-corrected chi connectivity index (χ1v) is 8.06. The number of phenols is 1. The van der Waals surface area contributed by atoms with Gasteiger partial charge in [-0.05, 0) is 49.0 Å². The summed E-state index contributed by atoms with van der Waals surface area (Å²) in [6.45, 7) is 1.45. The zero-order valence-corrected chi connectivity index (χ0v) is 14.4. The second-order valence-corrected chi connectivity index (χ2v) is 6.20. The van der Waals surface area contributed by atoms with E-state index in [9.17, 15) is 5.11 Å². The van der Waals surface area contributed by atoms with Crippen molar-refractivity contribution in [2.45, 2.75) is 6.42 Å². The predicted octanol–water partition coefficient (Wildman–Crippen LogP) is 3.55. The van der Waals surface area contributed by atoms with Crippen molar-refractivity contribution in [1.82, 2.24) is 4.90 Å². The maximum atomic E-state index is 9.94. The molecule has 1 heterocycles. The fourth-order valence-corrected chi connectivity index (χ4v) is 3.17. The minimum atomic E-state index is 0.263. The number of hydrogen-bond donors (Lipinski definition) is 1. The topological polar surface area (TPSA) is 41.9 Å². The Morgan fingerprint density at radius 3 is 2.67 bits per heavy atom. The average Bonchev–Trinajstić information content (AvgIpc) is 2.73. The Hall–Kier alpha value is -2.46. The molecule has 126 valence electrons. The summed E-state index contributed by atoms with van der Waals surface area (Å²) in [7, 11) is 5.78. The Labute approximate surface area is 142 Å². The summed E-state index contributed by atoms with van der Waals surface area (Å²) in [6.07, 6.45) is 0.834. The molecule has 0 fully saturated rings. The van der Waals surface area contributed by atoms with E-state index in [0.717, 1.165) is 41.2 Å². The van der Waals surface area contributed by atoms with Crippen LogP contribution in [0.3, 0.4) is 0 Å². The number of nitrogens with zero attached hydrogens (tertiary/aromatic N) is 1. The number of aromatic hydroxyl groups is 1. The molecule has 0 saturated heterocycles. The number of likely N-dealkylation sites (N-methyl/N-ethyl adjacent to an activating group) is 1. The molecule has 0 amide bonds. The highest BCUT2D eigenvalue weighted by Crippen LogP contribution is 2.42. The van der Waals surface area contributed by atoms with Crippen molar-refractivity contribution < 1.29 is 14.6 Å². The van der Waals surface area contributed by atoms with Crippen LogP contribution >= 0.6 is 0 Å². The fourth-order valence-electron chi connectivity index (χ4n) is 3.17. The monoisotopic (exact) mass is 325 g/mol. The van der Waals surface area contributed by atoms with Gasteiger partial charge in [-0.1, -0.05) is 24.3 Å². The Bertz CT molecular complexity index is 765. The van der Waals surface area contributed by atoms with Gasteiger partial charge in [-0.15, -0.1) is 0 Å². The van der Waals surface area contributed by atoms with Gasteiger partial charge in [-0.3, -0.25) is 0 Å². The molecule has 0 radical (unpaired) electrons. The summed E-state index contributed by atoms with van der Waals surface area (Å²) in [5.74, 6) is 1.77. The van der Waals surface area contributed by atoms with Crippen molar-refractivity contribution in [3.05, 3.63) is 59.2 Å². The molecule has 24 heavy (non-hydrogen) atoms. The molecule has 0 aliphatic carbocycles. The highest BCUT2D eigenvalue weighted by Gasteiger charge is 2.23. The first-order valence-electron chi connectivity index (χ1n) is 8.06. The highest BCUT2D eigenvalue weighted by molar-refractivity contribution is 5.87. The Kier molecular flexibility index (Phi) is 4.76. The molecule has 1 aliphatic heterocycles. The van der Waals surface area contributed by atoms with E-state index in [0.29, 0.717) is 6.61 Å². The molecule has 0 aromatic heterocycles. The molecule has 4 nitrogen and oxygen atoms in total. The lowest BCUT2D eigenvalue weighted by atomic mass is 9.91. The third-order valence-electron chi connectivity index (χ3n) is 4.11. The van der Waals surface area contributed by atoms with Gasteiger partial charge < -0.3 is 19.5 Å². The van der Waals surface area contributed by atoms with Crippen molar-refractivity contribution in [3.8, 4) is 17.2 Å². The van der Waals surface area contributed by atoms with Crippen LogP contribution in [0.1, 0.15) is 17.5 Å². The molecule has 0 atom stereocenters. The molecule has 2 aromatic rings.